The van der Waals surface area contributed by atoms with E-state index in [9.17, 15) is 4.79 Å². The number of hydrogen-bond acceptors (Lipinski definition) is 4. The Morgan fingerprint density at radius 3 is 2.12 bits per heavy atom. The maximum Gasteiger partial charge on any atom is 0.330 e. The minimum Gasteiger partial charge on any atom is -0.478 e. The average Bonchev–Trinajstić information content (AvgIpc) is 2.31. The topological polar surface area (TPSA) is 65.0 Å². The second-order valence-corrected chi connectivity index (χ2v) is 3.40. The van der Waals surface area contributed by atoms with Gasteiger partial charge in [0.2, 0.25) is 0 Å². The van der Waals surface area contributed by atoms with Gasteiger partial charge in [-0.2, -0.15) is 0 Å². The summed E-state index contributed by atoms with van der Waals surface area (Å²) >= 11 is 0. The summed E-state index contributed by atoms with van der Waals surface area (Å²) in [6.07, 6.45) is 2.26. The Morgan fingerprint density at radius 2 is 1.59 bits per heavy atom. The van der Waals surface area contributed by atoms with Crippen molar-refractivity contribution in [2.24, 2.45) is 0 Å². The molecule has 0 aliphatic carbocycles. The number of ether oxygens (including phenoxy) is 3. The van der Waals surface area contributed by atoms with E-state index < -0.39 is 5.97 Å². The molecule has 0 amide bonds. The molecule has 5 nitrogen and oxygen atoms in total. The van der Waals surface area contributed by atoms with E-state index in [0.29, 0.717) is 51.6 Å². The SMILES string of the molecule is CCOCCOCCOCCC=C(C)C(=O)O. The molecule has 0 bridgehead atoms. The number of rotatable bonds is 11. The van der Waals surface area contributed by atoms with Crippen LogP contribution < -0.4 is 0 Å². The summed E-state index contributed by atoms with van der Waals surface area (Å²) in [5.74, 6) is -0.885. The van der Waals surface area contributed by atoms with Gasteiger partial charge in [-0.25, -0.2) is 4.79 Å². The van der Waals surface area contributed by atoms with Gasteiger partial charge in [0.15, 0.2) is 0 Å². The molecule has 0 aromatic rings. The van der Waals surface area contributed by atoms with Gasteiger partial charge in [0.05, 0.1) is 33.0 Å². The zero-order valence-corrected chi connectivity index (χ0v) is 10.6. The van der Waals surface area contributed by atoms with Crippen molar-refractivity contribution < 1.29 is 24.1 Å². The zero-order chi connectivity index (χ0) is 12.9. The highest BCUT2D eigenvalue weighted by molar-refractivity contribution is 5.85. The quantitative estimate of drug-likeness (QED) is 0.442. The third-order valence-corrected chi connectivity index (χ3v) is 2.00. The molecular formula is C12H22O5. The van der Waals surface area contributed by atoms with Crippen LogP contribution in [-0.2, 0) is 19.0 Å². The van der Waals surface area contributed by atoms with Gasteiger partial charge in [-0.3, -0.25) is 0 Å². The number of hydrogen-bond donors (Lipinski definition) is 1. The summed E-state index contributed by atoms with van der Waals surface area (Å²) in [4.78, 5) is 10.4. The normalized spacial score (nSPS) is 11.8. The van der Waals surface area contributed by atoms with E-state index in [0.717, 1.165) is 0 Å². The van der Waals surface area contributed by atoms with Crippen LogP contribution in [0.1, 0.15) is 20.3 Å². The van der Waals surface area contributed by atoms with Gasteiger partial charge >= 0.3 is 5.97 Å². The summed E-state index contributed by atoms with van der Waals surface area (Å²) in [7, 11) is 0. The minimum absolute atomic E-state index is 0.349. The van der Waals surface area contributed by atoms with Crippen LogP contribution in [0.2, 0.25) is 0 Å². The molecule has 5 heteroatoms. The highest BCUT2D eigenvalue weighted by atomic mass is 16.5. The molecule has 0 rings (SSSR count). The molecule has 100 valence electrons. The second-order valence-electron chi connectivity index (χ2n) is 3.40. The van der Waals surface area contributed by atoms with Crippen LogP contribution in [0.25, 0.3) is 0 Å². The Morgan fingerprint density at radius 1 is 1.06 bits per heavy atom. The van der Waals surface area contributed by atoms with Crippen LogP contribution in [0, 0.1) is 0 Å². The second kappa shape index (κ2) is 11.6. The highest BCUT2D eigenvalue weighted by Crippen LogP contribution is 1.95. The van der Waals surface area contributed by atoms with Crippen molar-refractivity contribution in [3.63, 3.8) is 0 Å². The molecule has 0 spiro atoms. The van der Waals surface area contributed by atoms with Crippen molar-refractivity contribution >= 4 is 5.97 Å². The lowest BCUT2D eigenvalue weighted by Gasteiger charge is -2.05. The number of carboxylic acids is 1. The molecule has 0 radical (unpaired) electrons. The summed E-state index contributed by atoms with van der Waals surface area (Å²) in [6, 6.07) is 0. The predicted molar refractivity (Wildman–Crippen MR) is 64.1 cm³/mol. The molecule has 0 aliphatic rings. The molecule has 0 aliphatic heterocycles. The standard InChI is InChI=1S/C12H22O5/c1-3-15-7-8-17-10-9-16-6-4-5-11(2)12(13)14/h5H,3-4,6-10H2,1-2H3,(H,13,14). The molecular weight excluding hydrogens is 224 g/mol. The first-order chi connectivity index (χ1) is 8.18. The maximum absolute atomic E-state index is 10.4. The fourth-order valence-corrected chi connectivity index (χ4v) is 1.03. The molecule has 0 fully saturated rings. The Labute approximate surface area is 102 Å². The molecule has 0 saturated carbocycles. The van der Waals surface area contributed by atoms with Crippen molar-refractivity contribution in [1.82, 2.24) is 0 Å². The van der Waals surface area contributed by atoms with Gasteiger partial charge in [0, 0.05) is 12.2 Å². The van der Waals surface area contributed by atoms with Crippen LogP contribution in [0.3, 0.4) is 0 Å². The molecule has 0 aromatic carbocycles. The fourth-order valence-electron chi connectivity index (χ4n) is 1.03. The Hall–Kier alpha value is -0.910. The van der Waals surface area contributed by atoms with Crippen LogP contribution in [0.15, 0.2) is 11.6 Å². The first kappa shape index (κ1) is 16.1. The van der Waals surface area contributed by atoms with Crippen LogP contribution in [0.4, 0.5) is 0 Å². The smallest absolute Gasteiger partial charge is 0.330 e. The largest absolute Gasteiger partial charge is 0.478 e. The monoisotopic (exact) mass is 246 g/mol. The zero-order valence-electron chi connectivity index (χ0n) is 10.6. The van der Waals surface area contributed by atoms with Crippen molar-refractivity contribution in [3.05, 3.63) is 11.6 Å². The number of carbonyl (C=O) groups is 1. The van der Waals surface area contributed by atoms with Crippen LogP contribution in [-0.4, -0.2) is 50.7 Å². The Balaban J connectivity index is 3.19. The van der Waals surface area contributed by atoms with E-state index in [-0.39, 0.29) is 0 Å². The molecule has 1 N–H and O–H groups in total. The van der Waals surface area contributed by atoms with Gasteiger partial charge in [-0.15, -0.1) is 0 Å². The molecule has 0 saturated heterocycles. The van der Waals surface area contributed by atoms with Crippen molar-refractivity contribution in [2.45, 2.75) is 20.3 Å². The first-order valence-corrected chi connectivity index (χ1v) is 5.81. The van der Waals surface area contributed by atoms with Gasteiger partial charge in [-0.1, -0.05) is 6.08 Å². The summed E-state index contributed by atoms with van der Waals surface area (Å²) < 4.78 is 15.6. The summed E-state index contributed by atoms with van der Waals surface area (Å²) in [6.45, 7) is 6.97. The summed E-state index contributed by atoms with van der Waals surface area (Å²) in [5, 5.41) is 8.58. The molecule has 0 heterocycles. The highest BCUT2D eigenvalue weighted by Gasteiger charge is 1.97. The molecule has 0 unspecified atom stereocenters. The third-order valence-electron chi connectivity index (χ3n) is 2.00. The fraction of sp³-hybridized carbons (Fsp3) is 0.750. The number of aliphatic carboxylic acids is 1. The first-order valence-electron chi connectivity index (χ1n) is 5.81. The molecule has 0 atom stereocenters. The van der Waals surface area contributed by atoms with Gasteiger partial charge in [-0.05, 0) is 20.3 Å². The van der Waals surface area contributed by atoms with E-state index in [2.05, 4.69) is 0 Å². The lowest BCUT2D eigenvalue weighted by molar-refractivity contribution is -0.132. The van der Waals surface area contributed by atoms with E-state index in [1.54, 1.807) is 13.0 Å². The lowest BCUT2D eigenvalue weighted by Crippen LogP contribution is -2.09. The van der Waals surface area contributed by atoms with Crippen molar-refractivity contribution in [2.75, 3.05) is 39.6 Å². The van der Waals surface area contributed by atoms with Gasteiger partial charge in [0.1, 0.15) is 0 Å². The Kier molecular flexibility index (Phi) is 11.0. The lowest BCUT2D eigenvalue weighted by atomic mass is 10.2. The predicted octanol–water partition coefficient (Wildman–Crippen LogP) is 1.48. The summed E-state index contributed by atoms with van der Waals surface area (Å²) in [5.41, 5.74) is 0.349. The van der Waals surface area contributed by atoms with Crippen LogP contribution >= 0.6 is 0 Å². The van der Waals surface area contributed by atoms with Crippen molar-refractivity contribution in [3.8, 4) is 0 Å². The number of carboxylic acid groups (broad SMARTS) is 1. The third kappa shape index (κ3) is 11.4. The van der Waals surface area contributed by atoms with Crippen LogP contribution in [0.5, 0.6) is 0 Å². The Bertz CT molecular complexity index is 225. The van der Waals surface area contributed by atoms with E-state index in [4.69, 9.17) is 19.3 Å². The van der Waals surface area contributed by atoms with E-state index >= 15 is 0 Å². The maximum atomic E-state index is 10.4. The van der Waals surface area contributed by atoms with Gasteiger partial charge in [0.25, 0.3) is 0 Å². The average molecular weight is 246 g/mol. The molecule has 17 heavy (non-hydrogen) atoms. The van der Waals surface area contributed by atoms with E-state index in [1.165, 1.54) is 0 Å². The van der Waals surface area contributed by atoms with Crippen molar-refractivity contribution in [1.29, 1.82) is 0 Å². The van der Waals surface area contributed by atoms with Gasteiger partial charge < -0.3 is 19.3 Å². The van der Waals surface area contributed by atoms with E-state index in [1.807, 2.05) is 6.92 Å². The molecule has 0 aromatic heterocycles. The minimum atomic E-state index is -0.885.